The van der Waals surface area contributed by atoms with Crippen molar-refractivity contribution in [3.05, 3.63) is 42.5 Å². The summed E-state index contributed by atoms with van der Waals surface area (Å²) >= 11 is 0. The lowest BCUT2D eigenvalue weighted by Gasteiger charge is -2.13. The number of nitrogens with zero attached hydrogens (tertiary/aromatic N) is 2. The van der Waals surface area contributed by atoms with Gasteiger partial charge in [-0.15, -0.1) is 0 Å². The van der Waals surface area contributed by atoms with E-state index in [2.05, 4.69) is 20.6 Å². The highest BCUT2D eigenvalue weighted by Crippen LogP contribution is 2.35. The fourth-order valence-electron chi connectivity index (χ4n) is 2.56. The molecule has 0 atom stereocenters. The summed E-state index contributed by atoms with van der Waals surface area (Å²) in [4.78, 5) is 20.9. The van der Waals surface area contributed by atoms with Gasteiger partial charge in [0, 0.05) is 24.1 Å². The minimum absolute atomic E-state index is 0.102. The summed E-state index contributed by atoms with van der Waals surface area (Å²) in [6.07, 6.45) is 0. The molecule has 3 aromatic rings. The number of carbonyl (C=O) groups is 1. The molecule has 26 heavy (non-hydrogen) atoms. The van der Waals surface area contributed by atoms with Crippen LogP contribution >= 0.6 is 0 Å². The van der Waals surface area contributed by atoms with Gasteiger partial charge in [-0.3, -0.25) is 4.79 Å². The Kier molecular flexibility index (Phi) is 5.17. The third-order valence-corrected chi connectivity index (χ3v) is 3.93. The van der Waals surface area contributed by atoms with Crippen LogP contribution in [-0.4, -0.2) is 43.7 Å². The summed E-state index contributed by atoms with van der Waals surface area (Å²) in [6.45, 7) is 0.102. The molecule has 7 heteroatoms. The predicted octanol–water partition coefficient (Wildman–Crippen LogP) is 2.47. The van der Waals surface area contributed by atoms with Crippen LogP contribution in [0.5, 0.6) is 11.5 Å². The van der Waals surface area contributed by atoms with Gasteiger partial charge in [-0.2, -0.15) is 0 Å². The Morgan fingerprint density at radius 2 is 1.73 bits per heavy atom. The van der Waals surface area contributed by atoms with Crippen molar-refractivity contribution in [2.75, 3.05) is 33.1 Å². The first-order valence-electron chi connectivity index (χ1n) is 8.10. The number of ether oxygens (including phenoxy) is 2. The average molecular weight is 352 g/mol. The molecule has 2 aromatic carbocycles. The van der Waals surface area contributed by atoms with E-state index in [4.69, 9.17) is 9.47 Å². The molecule has 0 spiro atoms. The normalized spacial score (nSPS) is 10.4. The summed E-state index contributed by atoms with van der Waals surface area (Å²) in [5.74, 6) is 2.12. The Labute approximate surface area is 151 Å². The van der Waals surface area contributed by atoms with E-state index < -0.39 is 0 Å². The number of benzene rings is 2. The monoisotopic (exact) mass is 352 g/mol. The zero-order valence-electron chi connectivity index (χ0n) is 14.9. The van der Waals surface area contributed by atoms with Crippen molar-refractivity contribution in [1.29, 1.82) is 0 Å². The second-order valence-corrected chi connectivity index (χ2v) is 5.51. The van der Waals surface area contributed by atoms with Crippen LogP contribution in [0.3, 0.4) is 0 Å². The Morgan fingerprint density at radius 3 is 2.38 bits per heavy atom. The number of hydrogen-bond acceptors (Lipinski definition) is 6. The first kappa shape index (κ1) is 17.5. The minimum atomic E-state index is -0.140. The molecular weight excluding hydrogens is 332 g/mol. The lowest BCUT2D eigenvalue weighted by Crippen LogP contribution is -2.26. The molecule has 0 radical (unpaired) electrons. The third-order valence-electron chi connectivity index (χ3n) is 3.93. The number of amides is 1. The van der Waals surface area contributed by atoms with Crippen molar-refractivity contribution in [3.8, 4) is 22.9 Å². The van der Waals surface area contributed by atoms with Gasteiger partial charge >= 0.3 is 0 Å². The second kappa shape index (κ2) is 7.69. The predicted molar refractivity (Wildman–Crippen MR) is 101 cm³/mol. The molecular formula is C19H20N4O3. The van der Waals surface area contributed by atoms with Crippen LogP contribution in [0.25, 0.3) is 22.3 Å². The van der Waals surface area contributed by atoms with Gasteiger partial charge in [0.25, 0.3) is 0 Å². The van der Waals surface area contributed by atoms with E-state index in [0.29, 0.717) is 28.7 Å². The Morgan fingerprint density at radius 1 is 1.04 bits per heavy atom. The summed E-state index contributed by atoms with van der Waals surface area (Å²) in [5, 5.41) is 6.40. The van der Waals surface area contributed by atoms with E-state index in [9.17, 15) is 4.79 Å². The van der Waals surface area contributed by atoms with Crippen LogP contribution in [0.15, 0.2) is 42.5 Å². The van der Waals surface area contributed by atoms with Crippen LogP contribution in [0.4, 0.5) is 5.82 Å². The molecule has 0 saturated heterocycles. The summed E-state index contributed by atoms with van der Waals surface area (Å²) in [7, 11) is 4.74. The summed E-state index contributed by atoms with van der Waals surface area (Å²) in [6, 6.07) is 13.3. The highest BCUT2D eigenvalue weighted by molar-refractivity contribution is 5.94. The van der Waals surface area contributed by atoms with Crippen LogP contribution in [0.1, 0.15) is 0 Å². The summed E-state index contributed by atoms with van der Waals surface area (Å²) < 4.78 is 10.7. The number of aromatic nitrogens is 2. The van der Waals surface area contributed by atoms with Crippen LogP contribution in [0, 0.1) is 0 Å². The molecule has 3 rings (SSSR count). The van der Waals surface area contributed by atoms with Crippen LogP contribution in [0.2, 0.25) is 0 Å². The van der Waals surface area contributed by atoms with Gasteiger partial charge in [-0.1, -0.05) is 30.3 Å². The SMILES string of the molecule is CNC(=O)CNc1nc(-c2ccccc2)nc2cc(OC)c(OC)cc12. The van der Waals surface area contributed by atoms with Crippen LogP contribution in [-0.2, 0) is 4.79 Å². The fraction of sp³-hybridized carbons (Fsp3) is 0.211. The first-order chi connectivity index (χ1) is 12.7. The van der Waals surface area contributed by atoms with Crippen molar-refractivity contribution in [3.63, 3.8) is 0 Å². The Hall–Kier alpha value is -3.35. The minimum Gasteiger partial charge on any atom is -0.493 e. The maximum Gasteiger partial charge on any atom is 0.239 e. The molecule has 0 bridgehead atoms. The maximum absolute atomic E-state index is 11.6. The lowest BCUT2D eigenvalue weighted by molar-refractivity contribution is -0.118. The van der Waals surface area contributed by atoms with E-state index in [0.717, 1.165) is 10.9 Å². The molecule has 0 aliphatic heterocycles. The fourth-order valence-corrected chi connectivity index (χ4v) is 2.56. The third kappa shape index (κ3) is 3.51. The second-order valence-electron chi connectivity index (χ2n) is 5.51. The molecule has 0 aliphatic rings. The number of fused-ring (bicyclic) bond motifs is 1. The topological polar surface area (TPSA) is 85.4 Å². The number of rotatable bonds is 6. The standard InChI is InChI=1S/C19H20N4O3/c1-20-17(24)11-21-19-13-9-15(25-2)16(26-3)10-14(13)22-18(23-19)12-7-5-4-6-8-12/h4-10H,11H2,1-3H3,(H,20,24)(H,21,22,23). The molecule has 1 amide bonds. The Balaban J connectivity index is 2.17. The molecule has 0 unspecified atom stereocenters. The smallest absolute Gasteiger partial charge is 0.239 e. The van der Waals surface area contributed by atoms with Gasteiger partial charge in [0.1, 0.15) is 5.82 Å². The number of hydrogen-bond donors (Lipinski definition) is 2. The van der Waals surface area contributed by atoms with Gasteiger partial charge in [-0.05, 0) is 6.07 Å². The van der Waals surface area contributed by atoms with Crippen molar-refractivity contribution in [1.82, 2.24) is 15.3 Å². The van der Waals surface area contributed by atoms with Gasteiger partial charge in [0.15, 0.2) is 17.3 Å². The number of likely N-dealkylation sites (N-methyl/N-ethyl adjacent to an activating group) is 1. The van der Waals surface area contributed by atoms with Gasteiger partial charge in [-0.25, -0.2) is 9.97 Å². The lowest BCUT2D eigenvalue weighted by atomic mass is 10.1. The molecule has 0 saturated carbocycles. The van der Waals surface area contributed by atoms with Crippen molar-refractivity contribution >= 4 is 22.6 Å². The van der Waals surface area contributed by atoms with E-state index in [1.165, 1.54) is 0 Å². The molecule has 134 valence electrons. The van der Waals surface area contributed by atoms with E-state index in [1.807, 2.05) is 30.3 Å². The number of anilines is 1. The molecule has 1 heterocycles. The number of carbonyl (C=O) groups excluding carboxylic acids is 1. The first-order valence-corrected chi connectivity index (χ1v) is 8.10. The Bertz CT molecular complexity index is 929. The molecule has 1 aromatic heterocycles. The zero-order valence-corrected chi connectivity index (χ0v) is 14.9. The molecule has 2 N–H and O–H groups in total. The van der Waals surface area contributed by atoms with Gasteiger partial charge < -0.3 is 20.1 Å². The summed E-state index contributed by atoms with van der Waals surface area (Å²) in [5.41, 5.74) is 1.57. The molecule has 7 nitrogen and oxygen atoms in total. The molecule has 0 aliphatic carbocycles. The zero-order chi connectivity index (χ0) is 18.5. The molecule has 0 fully saturated rings. The maximum atomic E-state index is 11.6. The van der Waals surface area contributed by atoms with E-state index in [1.54, 1.807) is 33.4 Å². The largest absolute Gasteiger partial charge is 0.493 e. The van der Waals surface area contributed by atoms with Gasteiger partial charge in [0.05, 0.1) is 26.3 Å². The van der Waals surface area contributed by atoms with E-state index in [-0.39, 0.29) is 12.5 Å². The highest BCUT2D eigenvalue weighted by atomic mass is 16.5. The quantitative estimate of drug-likeness (QED) is 0.709. The van der Waals surface area contributed by atoms with Gasteiger partial charge in [0.2, 0.25) is 5.91 Å². The highest BCUT2D eigenvalue weighted by Gasteiger charge is 2.14. The van der Waals surface area contributed by atoms with E-state index >= 15 is 0 Å². The van der Waals surface area contributed by atoms with Crippen molar-refractivity contribution in [2.45, 2.75) is 0 Å². The number of methoxy groups -OCH3 is 2. The van der Waals surface area contributed by atoms with Crippen LogP contribution < -0.4 is 20.1 Å². The van der Waals surface area contributed by atoms with Crippen molar-refractivity contribution in [2.24, 2.45) is 0 Å². The number of nitrogens with one attached hydrogen (secondary N) is 2. The van der Waals surface area contributed by atoms with Crippen molar-refractivity contribution < 1.29 is 14.3 Å². The average Bonchev–Trinajstić information content (AvgIpc) is 2.70.